The monoisotopic (exact) mass is 238 g/mol. The summed E-state index contributed by atoms with van der Waals surface area (Å²) in [6, 6.07) is 0. The van der Waals surface area contributed by atoms with E-state index in [0.29, 0.717) is 0 Å². The van der Waals surface area contributed by atoms with Crippen LogP contribution in [-0.4, -0.2) is 41.2 Å². The standard InChI is InChI=1S/C12H22N4O/c1-2-5-13-8-11-3-6-16(7-4-11)9-12-14-10-17-15-12/h10-11,13H,2-9H2,1H3. The first-order valence-electron chi connectivity index (χ1n) is 6.56. The van der Waals surface area contributed by atoms with E-state index in [1.165, 1.54) is 32.2 Å². The van der Waals surface area contributed by atoms with E-state index < -0.39 is 0 Å². The molecule has 17 heavy (non-hydrogen) atoms. The van der Waals surface area contributed by atoms with Crippen LogP contribution in [-0.2, 0) is 6.54 Å². The molecule has 5 heteroatoms. The zero-order valence-electron chi connectivity index (χ0n) is 10.6. The van der Waals surface area contributed by atoms with Crippen molar-refractivity contribution in [2.75, 3.05) is 26.2 Å². The van der Waals surface area contributed by atoms with E-state index in [4.69, 9.17) is 4.52 Å². The maximum atomic E-state index is 4.74. The van der Waals surface area contributed by atoms with Crippen LogP contribution in [0.1, 0.15) is 32.0 Å². The van der Waals surface area contributed by atoms with Crippen molar-refractivity contribution < 1.29 is 4.52 Å². The number of rotatable bonds is 6. The van der Waals surface area contributed by atoms with Gasteiger partial charge in [0.15, 0.2) is 5.82 Å². The molecule has 1 aliphatic rings. The molecule has 0 aliphatic carbocycles. The quantitative estimate of drug-likeness (QED) is 0.757. The summed E-state index contributed by atoms with van der Waals surface area (Å²) in [5.74, 6) is 1.63. The van der Waals surface area contributed by atoms with Gasteiger partial charge in [-0.15, -0.1) is 0 Å². The van der Waals surface area contributed by atoms with Crippen molar-refractivity contribution in [1.82, 2.24) is 20.4 Å². The lowest BCUT2D eigenvalue weighted by atomic mass is 9.97. The molecule has 0 aromatic carbocycles. The summed E-state index contributed by atoms with van der Waals surface area (Å²) in [6.07, 6.45) is 5.16. The van der Waals surface area contributed by atoms with Gasteiger partial charge < -0.3 is 9.84 Å². The average Bonchev–Trinajstić information content (AvgIpc) is 2.85. The van der Waals surface area contributed by atoms with Crippen molar-refractivity contribution in [3.8, 4) is 0 Å². The Kier molecular flexibility index (Phi) is 4.94. The van der Waals surface area contributed by atoms with Crippen LogP contribution in [0.3, 0.4) is 0 Å². The van der Waals surface area contributed by atoms with E-state index >= 15 is 0 Å². The minimum absolute atomic E-state index is 0.799. The maximum Gasteiger partial charge on any atom is 0.213 e. The van der Waals surface area contributed by atoms with Crippen molar-refractivity contribution in [2.24, 2.45) is 5.92 Å². The van der Waals surface area contributed by atoms with Gasteiger partial charge in [0.1, 0.15) is 0 Å². The molecule has 2 heterocycles. The molecule has 1 aliphatic heterocycles. The Balaban J connectivity index is 1.64. The maximum absolute atomic E-state index is 4.74. The van der Waals surface area contributed by atoms with Gasteiger partial charge in [-0.25, -0.2) is 0 Å². The average molecular weight is 238 g/mol. The Morgan fingerprint density at radius 1 is 1.47 bits per heavy atom. The summed E-state index contributed by atoms with van der Waals surface area (Å²) in [4.78, 5) is 6.46. The molecule has 0 amide bonds. The summed E-state index contributed by atoms with van der Waals surface area (Å²) in [6.45, 7) is 7.64. The molecule has 1 aromatic rings. The second-order valence-electron chi connectivity index (χ2n) is 4.77. The Hall–Kier alpha value is -0.940. The van der Waals surface area contributed by atoms with E-state index in [-0.39, 0.29) is 0 Å². The zero-order valence-corrected chi connectivity index (χ0v) is 10.6. The Bertz CT molecular complexity index is 293. The lowest BCUT2D eigenvalue weighted by Crippen LogP contribution is -2.37. The van der Waals surface area contributed by atoms with E-state index in [1.54, 1.807) is 0 Å². The highest BCUT2D eigenvalue weighted by atomic mass is 16.5. The number of piperidine rings is 1. The van der Waals surface area contributed by atoms with Crippen LogP contribution >= 0.6 is 0 Å². The largest absolute Gasteiger partial charge is 0.343 e. The summed E-state index contributed by atoms with van der Waals surface area (Å²) in [7, 11) is 0. The third kappa shape index (κ3) is 4.09. The number of nitrogens with one attached hydrogen (secondary N) is 1. The Morgan fingerprint density at radius 2 is 2.29 bits per heavy atom. The van der Waals surface area contributed by atoms with E-state index in [9.17, 15) is 0 Å². The van der Waals surface area contributed by atoms with Crippen LogP contribution < -0.4 is 5.32 Å². The molecule has 96 valence electrons. The van der Waals surface area contributed by atoms with Gasteiger partial charge in [-0.1, -0.05) is 12.1 Å². The molecule has 0 radical (unpaired) electrons. The van der Waals surface area contributed by atoms with E-state index in [1.807, 2.05) is 0 Å². The molecule has 5 nitrogen and oxygen atoms in total. The summed E-state index contributed by atoms with van der Waals surface area (Å²) in [5.41, 5.74) is 0. The topological polar surface area (TPSA) is 54.2 Å². The molecule has 0 saturated carbocycles. The molecule has 0 spiro atoms. The van der Waals surface area contributed by atoms with Gasteiger partial charge in [-0.3, -0.25) is 4.90 Å². The molecular weight excluding hydrogens is 216 g/mol. The highest BCUT2D eigenvalue weighted by Gasteiger charge is 2.19. The molecule has 1 N–H and O–H groups in total. The van der Waals surface area contributed by atoms with Crippen LogP contribution in [0, 0.1) is 5.92 Å². The van der Waals surface area contributed by atoms with Gasteiger partial charge in [0, 0.05) is 0 Å². The van der Waals surface area contributed by atoms with Crippen molar-refractivity contribution in [2.45, 2.75) is 32.7 Å². The summed E-state index contributed by atoms with van der Waals surface area (Å²) < 4.78 is 4.74. The van der Waals surface area contributed by atoms with E-state index in [0.717, 1.165) is 37.9 Å². The van der Waals surface area contributed by atoms with Gasteiger partial charge in [0.2, 0.25) is 6.39 Å². The number of hydrogen-bond donors (Lipinski definition) is 1. The zero-order chi connectivity index (χ0) is 11.9. The predicted octanol–water partition coefficient (Wildman–Crippen LogP) is 1.28. The molecule has 0 unspecified atom stereocenters. The van der Waals surface area contributed by atoms with Crippen molar-refractivity contribution in [3.05, 3.63) is 12.2 Å². The van der Waals surface area contributed by atoms with Gasteiger partial charge in [0.25, 0.3) is 0 Å². The molecule has 0 bridgehead atoms. The van der Waals surface area contributed by atoms with Crippen molar-refractivity contribution in [1.29, 1.82) is 0 Å². The normalized spacial score (nSPS) is 18.6. The van der Waals surface area contributed by atoms with Crippen LogP contribution in [0.2, 0.25) is 0 Å². The highest BCUT2D eigenvalue weighted by Crippen LogP contribution is 2.17. The third-order valence-corrected chi connectivity index (χ3v) is 3.34. The first kappa shape index (κ1) is 12.5. The fourth-order valence-electron chi connectivity index (χ4n) is 2.29. The summed E-state index contributed by atoms with van der Waals surface area (Å²) >= 11 is 0. The van der Waals surface area contributed by atoms with Gasteiger partial charge >= 0.3 is 0 Å². The van der Waals surface area contributed by atoms with Crippen LogP contribution in [0.15, 0.2) is 10.9 Å². The smallest absolute Gasteiger partial charge is 0.213 e. The second kappa shape index (κ2) is 6.71. The minimum atomic E-state index is 0.799. The number of hydrogen-bond acceptors (Lipinski definition) is 5. The number of likely N-dealkylation sites (tertiary alicyclic amines) is 1. The fourth-order valence-corrected chi connectivity index (χ4v) is 2.29. The summed E-state index contributed by atoms with van der Waals surface area (Å²) in [5, 5.41) is 7.36. The van der Waals surface area contributed by atoms with Crippen molar-refractivity contribution >= 4 is 0 Å². The molecular formula is C12H22N4O. The lowest BCUT2D eigenvalue weighted by molar-refractivity contribution is 0.170. The van der Waals surface area contributed by atoms with E-state index in [2.05, 4.69) is 27.3 Å². The fraction of sp³-hybridized carbons (Fsp3) is 0.833. The molecule has 1 saturated heterocycles. The number of aromatic nitrogens is 2. The highest BCUT2D eigenvalue weighted by molar-refractivity contribution is 4.81. The molecule has 0 atom stereocenters. The predicted molar refractivity (Wildman–Crippen MR) is 65.5 cm³/mol. The number of nitrogens with zero attached hydrogens (tertiary/aromatic N) is 3. The first-order valence-corrected chi connectivity index (χ1v) is 6.56. The van der Waals surface area contributed by atoms with Crippen LogP contribution in [0.25, 0.3) is 0 Å². The van der Waals surface area contributed by atoms with Crippen molar-refractivity contribution in [3.63, 3.8) is 0 Å². The lowest BCUT2D eigenvalue weighted by Gasteiger charge is -2.31. The SMILES string of the molecule is CCCNCC1CCN(Cc2ncon2)CC1. The first-order chi connectivity index (χ1) is 8.38. The van der Waals surface area contributed by atoms with Crippen LogP contribution in [0.5, 0.6) is 0 Å². The van der Waals surface area contributed by atoms with Crippen LogP contribution in [0.4, 0.5) is 0 Å². The van der Waals surface area contributed by atoms with Gasteiger partial charge in [0.05, 0.1) is 6.54 Å². The Morgan fingerprint density at radius 3 is 2.94 bits per heavy atom. The Labute approximate surface area is 103 Å². The molecule has 1 aromatic heterocycles. The third-order valence-electron chi connectivity index (χ3n) is 3.34. The second-order valence-corrected chi connectivity index (χ2v) is 4.77. The minimum Gasteiger partial charge on any atom is -0.343 e. The van der Waals surface area contributed by atoms with Gasteiger partial charge in [-0.2, -0.15) is 4.98 Å². The van der Waals surface area contributed by atoms with Gasteiger partial charge in [-0.05, 0) is 51.4 Å². The molecule has 1 fully saturated rings. The molecule has 2 rings (SSSR count).